The fourth-order valence-electron chi connectivity index (χ4n) is 1.40. The topological polar surface area (TPSA) is 87.6 Å². The van der Waals surface area contributed by atoms with Crippen molar-refractivity contribution in [2.24, 2.45) is 5.73 Å². The molecule has 1 rings (SSSR count). The highest BCUT2D eigenvalue weighted by molar-refractivity contribution is 5.58. The van der Waals surface area contributed by atoms with Gasteiger partial charge in [0.25, 0.3) is 0 Å². The molecule has 0 radical (unpaired) electrons. The number of rotatable bonds is 6. The highest BCUT2D eigenvalue weighted by Gasteiger charge is 2.21. The summed E-state index contributed by atoms with van der Waals surface area (Å²) in [5, 5.41) is 11.0. The van der Waals surface area contributed by atoms with Gasteiger partial charge in [-0.05, 0) is 18.1 Å². The molecule has 0 amide bonds. The molecule has 0 unspecified atom stereocenters. The predicted octanol–water partition coefficient (Wildman–Crippen LogP) is 1.85. The zero-order valence-electron chi connectivity index (χ0n) is 9.93. The summed E-state index contributed by atoms with van der Waals surface area (Å²) in [7, 11) is 1.44. The molecule has 0 saturated carbocycles. The molecule has 0 spiro atoms. The minimum absolute atomic E-state index is 0.113. The molecule has 0 saturated heterocycles. The molecular formula is C11H16N2O4. The Balaban J connectivity index is 3.25. The lowest BCUT2D eigenvalue weighted by Crippen LogP contribution is -2.04. The van der Waals surface area contributed by atoms with E-state index in [1.807, 2.05) is 6.92 Å². The van der Waals surface area contributed by atoms with Gasteiger partial charge in [-0.3, -0.25) is 10.1 Å². The maximum absolute atomic E-state index is 11.0. The Morgan fingerprint density at radius 3 is 2.65 bits per heavy atom. The molecule has 2 N–H and O–H groups in total. The monoisotopic (exact) mass is 240 g/mol. The molecule has 0 aliphatic carbocycles. The average molecular weight is 240 g/mol. The van der Waals surface area contributed by atoms with Crippen molar-refractivity contribution in [2.75, 3.05) is 13.7 Å². The Morgan fingerprint density at radius 1 is 1.47 bits per heavy atom. The van der Waals surface area contributed by atoms with Crippen molar-refractivity contribution in [2.45, 2.75) is 19.9 Å². The first kappa shape index (κ1) is 13.2. The number of nitro benzene ring substituents is 1. The van der Waals surface area contributed by atoms with Gasteiger partial charge >= 0.3 is 5.69 Å². The van der Waals surface area contributed by atoms with E-state index in [0.29, 0.717) is 17.9 Å². The van der Waals surface area contributed by atoms with Crippen LogP contribution in [0, 0.1) is 10.1 Å². The molecule has 0 atom stereocenters. The maximum atomic E-state index is 11.0. The Kier molecular flexibility index (Phi) is 4.71. The van der Waals surface area contributed by atoms with Crippen LogP contribution < -0.4 is 15.2 Å². The summed E-state index contributed by atoms with van der Waals surface area (Å²) in [6.07, 6.45) is 0.763. The Hall–Kier alpha value is -1.82. The van der Waals surface area contributed by atoms with E-state index in [0.717, 1.165) is 6.42 Å². The van der Waals surface area contributed by atoms with E-state index in [2.05, 4.69) is 0 Å². The largest absolute Gasteiger partial charge is 0.493 e. The third-order valence-corrected chi connectivity index (χ3v) is 2.20. The SMILES string of the molecule is CCCOc1c(OC)cc(CN)cc1[N+](=O)[O-]. The summed E-state index contributed by atoms with van der Waals surface area (Å²) in [4.78, 5) is 10.5. The second-order valence-electron chi connectivity index (χ2n) is 3.46. The van der Waals surface area contributed by atoms with Crippen molar-refractivity contribution in [3.63, 3.8) is 0 Å². The number of hydrogen-bond donors (Lipinski definition) is 1. The van der Waals surface area contributed by atoms with Crippen LogP contribution in [0.2, 0.25) is 0 Å². The average Bonchev–Trinajstić information content (AvgIpc) is 2.35. The standard InChI is InChI=1S/C11H16N2O4/c1-3-4-17-11-9(13(14)15)5-8(7-12)6-10(11)16-2/h5-6H,3-4,7,12H2,1-2H3. The Labute approximate surface area is 99.5 Å². The van der Waals surface area contributed by atoms with Crippen molar-refractivity contribution < 1.29 is 14.4 Å². The molecule has 6 nitrogen and oxygen atoms in total. The van der Waals surface area contributed by atoms with Crippen molar-refractivity contribution in [1.29, 1.82) is 0 Å². The smallest absolute Gasteiger partial charge is 0.315 e. The van der Waals surface area contributed by atoms with Crippen LogP contribution in [0.3, 0.4) is 0 Å². The van der Waals surface area contributed by atoms with Crippen LogP contribution in [0.5, 0.6) is 11.5 Å². The minimum Gasteiger partial charge on any atom is -0.493 e. The van der Waals surface area contributed by atoms with E-state index in [1.54, 1.807) is 6.07 Å². The van der Waals surface area contributed by atoms with Gasteiger partial charge in [0.05, 0.1) is 18.6 Å². The van der Waals surface area contributed by atoms with Gasteiger partial charge in [0, 0.05) is 12.6 Å². The fraction of sp³-hybridized carbons (Fsp3) is 0.455. The second-order valence-corrected chi connectivity index (χ2v) is 3.46. The van der Waals surface area contributed by atoms with Gasteiger partial charge in [0.2, 0.25) is 5.75 Å². The number of nitro groups is 1. The molecule has 17 heavy (non-hydrogen) atoms. The normalized spacial score (nSPS) is 10.1. The molecule has 0 bridgehead atoms. The van der Waals surface area contributed by atoms with Gasteiger partial charge in [-0.25, -0.2) is 0 Å². The van der Waals surface area contributed by atoms with Crippen LogP contribution in [0.15, 0.2) is 12.1 Å². The fourth-order valence-corrected chi connectivity index (χ4v) is 1.40. The molecule has 0 aliphatic heterocycles. The Bertz CT molecular complexity index is 407. The molecule has 0 aliphatic rings. The first-order valence-electron chi connectivity index (χ1n) is 5.32. The third-order valence-electron chi connectivity index (χ3n) is 2.20. The number of methoxy groups -OCH3 is 1. The second kappa shape index (κ2) is 6.05. The molecular weight excluding hydrogens is 224 g/mol. The molecule has 1 aromatic rings. The molecule has 0 heterocycles. The molecule has 0 fully saturated rings. The molecule has 94 valence electrons. The van der Waals surface area contributed by atoms with Gasteiger partial charge in [-0.2, -0.15) is 0 Å². The lowest BCUT2D eigenvalue weighted by atomic mass is 10.1. The summed E-state index contributed by atoms with van der Waals surface area (Å²) >= 11 is 0. The van der Waals surface area contributed by atoms with Gasteiger partial charge in [-0.15, -0.1) is 0 Å². The summed E-state index contributed by atoms with van der Waals surface area (Å²) in [6.45, 7) is 2.54. The van der Waals surface area contributed by atoms with Crippen LogP contribution in [0.25, 0.3) is 0 Å². The van der Waals surface area contributed by atoms with Gasteiger partial charge in [0.1, 0.15) is 0 Å². The van der Waals surface area contributed by atoms with E-state index in [1.165, 1.54) is 13.2 Å². The molecule has 1 aromatic carbocycles. The van der Waals surface area contributed by atoms with Crippen molar-refractivity contribution in [3.05, 3.63) is 27.8 Å². The summed E-state index contributed by atoms with van der Waals surface area (Å²) in [5.41, 5.74) is 6.00. The molecule has 0 aromatic heterocycles. The van der Waals surface area contributed by atoms with E-state index < -0.39 is 4.92 Å². The maximum Gasteiger partial charge on any atom is 0.315 e. The first-order chi connectivity index (χ1) is 8.13. The number of nitrogens with two attached hydrogens (primary N) is 1. The lowest BCUT2D eigenvalue weighted by molar-refractivity contribution is -0.386. The van der Waals surface area contributed by atoms with Gasteiger partial charge in [-0.1, -0.05) is 6.92 Å². The van der Waals surface area contributed by atoms with Crippen molar-refractivity contribution in [3.8, 4) is 11.5 Å². The number of hydrogen-bond acceptors (Lipinski definition) is 5. The lowest BCUT2D eigenvalue weighted by Gasteiger charge is -2.11. The van der Waals surface area contributed by atoms with Crippen LogP contribution in [0.1, 0.15) is 18.9 Å². The van der Waals surface area contributed by atoms with Crippen LogP contribution in [-0.4, -0.2) is 18.6 Å². The molecule has 6 heteroatoms. The summed E-state index contributed by atoms with van der Waals surface area (Å²) in [6, 6.07) is 3.06. The predicted molar refractivity (Wildman–Crippen MR) is 63.3 cm³/mol. The highest BCUT2D eigenvalue weighted by atomic mass is 16.6. The highest BCUT2D eigenvalue weighted by Crippen LogP contribution is 2.38. The van der Waals surface area contributed by atoms with Crippen molar-refractivity contribution in [1.82, 2.24) is 0 Å². The first-order valence-corrected chi connectivity index (χ1v) is 5.32. The van der Waals surface area contributed by atoms with Crippen LogP contribution in [0.4, 0.5) is 5.69 Å². The number of nitrogens with zero attached hydrogens (tertiary/aromatic N) is 1. The van der Waals surface area contributed by atoms with E-state index in [4.69, 9.17) is 15.2 Å². The van der Waals surface area contributed by atoms with E-state index >= 15 is 0 Å². The quantitative estimate of drug-likeness (QED) is 0.605. The summed E-state index contributed by atoms with van der Waals surface area (Å²) < 4.78 is 10.5. The number of benzene rings is 1. The van der Waals surface area contributed by atoms with Crippen LogP contribution in [-0.2, 0) is 6.54 Å². The number of ether oxygens (including phenoxy) is 2. The minimum atomic E-state index is -0.493. The zero-order chi connectivity index (χ0) is 12.8. The van der Waals surface area contributed by atoms with Gasteiger partial charge in [0.15, 0.2) is 5.75 Å². The van der Waals surface area contributed by atoms with E-state index in [-0.39, 0.29) is 18.0 Å². The third kappa shape index (κ3) is 3.07. The van der Waals surface area contributed by atoms with Gasteiger partial charge < -0.3 is 15.2 Å². The zero-order valence-corrected chi connectivity index (χ0v) is 9.93. The Morgan fingerprint density at radius 2 is 2.18 bits per heavy atom. The van der Waals surface area contributed by atoms with Crippen molar-refractivity contribution >= 4 is 5.69 Å². The van der Waals surface area contributed by atoms with Crippen LogP contribution >= 0.6 is 0 Å². The van der Waals surface area contributed by atoms with E-state index in [9.17, 15) is 10.1 Å². The summed E-state index contributed by atoms with van der Waals surface area (Å²) in [5.74, 6) is 0.504.